The van der Waals surface area contributed by atoms with Crippen LogP contribution in [0.25, 0.3) is 0 Å². The van der Waals surface area contributed by atoms with Crippen LogP contribution in [0.15, 0.2) is 0 Å². The molecule has 0 aromatic rings. The monoisotopic (exact) mass is 612 g/mol. The minimum absolute atomic E-state index is 0.150. The van der Waals surface area contributed by atoms with E-state index in [9.17, 15) is 4.79 Å². The van der Waals surface area contributed by atoms with Gasteiger partial charge in [-0.1, -0.05) is 26.2 Å². The smallest absolute Gasteiger partial charge is 0.305 e. The van der Waals surface area contributed by atoms with E-state index in [0.717, 1.165) is 25.7 Å². The Morgan fingerprint density at radius 2 is 0.738 bits per heavy atom. The lowest BCUT2D eigenvalue weighted by Gasteiger charge is -2.09. The van der Waals surface area contributed by atoms with Crippen LogP contribution in [-0.4, -0.2) is 144 Å². The van der Waals surface area contributed by atoms with Crippen molar-refractivity contribution in [1.82, 2.24) is 0 Å². The average molecular weight is 613 g/mol. The summed E-state index contributed by atoms with van der Waals surface area (Å²) in [5, 5.41) is 0. The fraction of sp³-hybridized carbons (Fsp3) is 0.967. The Balaban J connectivity index is 3.08. The molecule has 0 fully saturated rings. The van der Waals surface area contributed by atoms with Crippen LogP contribution in [0.5, 0.6) is 0 Å². The van der Waals surface area contributed by atoms with Gasteiger partial charge in [0.2, 0.25) is 0 Å². The van der Waals surface area contributed by atoms with Crippen molar-refractivity contribution in [2.45, 2.75) is 59.0 Å². The zero-order valence-corrected chi connectivity index (χ0v) is 26.7. The van der Waals surface area contributed by atoms with E-state index in [1.165, 1.54) is 0 Å². The third-order valence-corrected chi connectivity index (χ3v) is 5.38. The lowest BCUT2D eigenvalue weighted by atomic mass is 10.2. The molecule has 0 spiro atoms. The minimum Gasteiger partial charge on any atom is -0.463 e. The molecule has 0 aliphatic heterocycles. The SMILES string of the molecule is CCCCCCC(=O)OCCOCCOCCOCCOCCOCCOCCOCCOCCOCCOC(C)C. The molecule has 0 aliphatic carbocycles. The first-order valence-corrected chi connectivity index (χ1v) is 15.6. The molecule has 0 radical (unpaired) electrons. The van der Waals surface area contributed by atoms with Crippen LogP contribution in [0.3, 0.4) is 0 Å². The molecule has 0 amide bonds. The molecule has 42 heavy (non-hydrogen) atoms. The van der Waals surface area contributed by atoms with Crippen molar-refractivity contribution < 1.29 is 56.9 Å². The predicted molar refractivity (Wildman–Crippen MR) is 158 cm³/mol. The molecule has 0 aromatic carbocycles. The van der Waals surface area contributed by atoms with Gasteiger partial charge in [-0.15, -0.1) is 0 Å². The van der Waals surface area contributed by atoms with Gasteiger partial charge in [0.05, 0.1) is 132 Å². The van der Waals surface area contributed by atoms with E-state index in [4.69, 9.17) is 52.1 Å². The highest BCUT2D eigenvalue weighted by Gasteiger charge is 2.02. The number of rotatable bonds is 36. The van der Waals surface area contributed by atoms with E-state index in [1.54, 1.807) is 0 Å². The van der Waals surface area contributed by atoms with Gasteiger partial charge in [-0.3, -0.25) is 4.79 Å². The van der Waals surface area contributed by atoms with Crippen LogP contribution < -0.4 is 0 Å². The number of hydrogen-bond donors (Lipinski definition) is 0. The molecule has 0 unspecified atom stereocenters. The molecule has 0 atom stereocenters. The Morgan fingerprint density at radius 1 is 0.429 bits per heavy atom. The Bertz CT molecular complexity index is 525. The van der Waals surface area contributed by atoms with Crippen LogP contribution >= 0.6 is 0 Å². The largest absolute Gasteiger partial charge is 0.463 e. The van der Waals surface area contributed by atoms with Gasteiger partial charge in [0.25, 0.3) is 0 Å². The minimum atomic E-state index is -0.150. The van der Waals surface area contributed by atoms with Crippen LogP contribution in [-0.2, 0) is 56.9 Å². The molecular weight excluding hydrogens is 552 g/mol. The number of ether oxygens (including phenoxy) is 11. The molecule has 0 heterocycles. The number of esters is 1. The van der Waals surface area contributed by atoms with Crippen molar-refractivity contribution in [2.75, 3.05) is 132 Å². The number of carbonyl (C=O) groups is 1. The lowest BCUT2D eigenvalue weighted by Crippen LogP contribution is -2.15. The second-order valence-electron chi connectivity index (χ2n) is 9.46. The maximum atomic E-state index is 11.5. The quantitative estimate of drug-likeness (QED) is 0.0764. The highest BCUT2D eigenvalue weighted by molar-refractivity contribution is 5.69. The fourth-order valence-electron chi connectivity index (χ4n) is 3.19. The van der Waals surface area contributed by atoms with E-state index >= 15 is 0 Å². The number of unbranched alkanes of at least 4 members (excludes halogenated alkanes) is 3. The maximum absolute atomic E-state index is 11.5. The molecule has 252 valence electrons. The third-order valence-electron chi connectivity index (χ3n) is 5.38. The molecule has 0 aromatic heterocycles. The summed E-state index contributed by atoms with van der Waals surface area (Å²) in [4.78, 5) is 11.5. The summed E-state index contributed by atoms with van der Waals surface area (Å²) in [5.41, 5.74) is 0. The summed E-state index contributed by atoms with van der Waals surface area (Å²) >= 11 is 0. The van der Waals surface area contributed by atoms with Crippen LogP contribution in [0.2, 0.25) is 0 Å². The first kappa shape index (κ1) is 41.1. The maximum Gasteiger partial charge on any atom is 0.305 e. The van der Waals surface area contributed by atoms with E-state index in [-0.39, 0.29) is 18.7 Å². The molecule has 0 bridgehead atoms. The van der Waals surface area contributed by atoms with Crippen LogP contribution in [0.1, 0.15) is 52.9 Å². The van der Waals surface area contributed by atoms with Gasteiger partial charge in [-0.25, -0.2) is 0 Å². The number of carbonyl (C=O) groups excluding carboxylic acids is 1. The second kappa shape index (κ2) is 36.3. The zero-order chi connectivity index (χ0) is 30.6. The third kappa shape index (κ3) is 37.1. The Hall–Kier alpha value is -0.930. The highest BCUT2D eigenvalue weighted by atomic mass is 16.6. The van der Waals surface area contributed by atoms with Gasteiger partial charge < -0.3 is 52.1 Å². The van der Waals surface area contributed by atoms with Crippen LogP contribution in [0.4, 0.5) is 0 Å². The van der Waals surface area contributed by atoms with Crippen molar-refractivity contribution in [3.8, 4) is 0 Å². The summed E-state index contributed by atoms with van der Waals surface area (Å²) in [7, 11) is 0. The normalized spacial score (nSPS) is 11.5. The number of hydrogen-bond acceptors (Lipinski definition) is 12. The van der Waals surface area contributed by atoms with Crippen molar-refractivity contribution in [1.29, 1.82) is 0 Å². The average Bonchev–Trinajstić information content (AvgIpc) is 2.98. The summed E-state index contributed by atoms with van der Waals surface area (Å²) in [5.74, 6) is -0.150. The topological polar surface area (TPSA) is 119 Å². The highest BCUT2D eigenvalue weighted by Crippen LogP contribution is 2.03. The van der Waals surface area contributed by atoms with Crippen molar-refractivity contribution in [2.24, 2.45) is 0 Å². The van der Waals surface area contributed by atoms with Gasteiger partial charge in [-0.05, 0) is 20.3 Å². The predicted octanol–water partition coefficient (Wildman–Crippen LogP) is 3.07. The first-order valence-electron chi connectivity index (χ1n) is 15.6. The summed E-state index contributed by atoms with van der Waals surface area (Å²) in [6.45, 7) is 16.1. The van der Waals surface area contributed by atoms with Gasteiger partial charge in [0, 0.05) is 6.42 Å². The van der Waals surface area contributed by atoms with E-state index in [0.29, 0.717) is 132 Å². The molecule has 0 aliphatic rings. The van der Waals surface area contributed by atoms with Crippen LogP contribution in [0, 0.1) is 0 Å². The molecular formula is C30H60O12. The van der Waals surface area contributed by atoms with Gasteiger partial charge in [-0.2, -0.15) is 0 Å². The van der Waals surface area contributed by atoms with Crippen molar-refractivity contribution >= 4 is 5.97 Å². The molecule has 12 heteroatoms. The summed E-state index contributed by atoms with van der Waals surface area (Å²) in [6.07, 6.45) is 5.00. The van der Waals surface area contributed by atoms with Crippen molar-refractivity contribution in [3.05, 3.63) is 0 Å². The zero-order valence-electron chi connectivity index (χ0n) is 26.7. The Morgan fingerprint density at radius 3 is 1.05 bits per heavy atom. The molecule has 0 saturated carbocycles. The molecule has 0 N–H and O–H groups in total. The van der Waals surface area contributed by atoms with Crippen molar-refractivity contribution in [3.63, 3.8) is 0 Å². The summed E-state index contributed by atoms with van der Waals surface area (Å²) < 4.78 is 59.5. The van der Waals surface area contributed by atoms with Gasteiger partial charge in [0.1, 0.15) is 6.61 Å². The Kier molecular flexibility index (Phi) is 35.5. The van der Waals surface area contributed by atoms with E-state index in [2.05, 4.69) is 6.92 Å². The summed E-state index contributed by atoms with van der Waals surface area (Å²) in [6, 6.07) is 0. The van der Waals surface area contributed by atoms with E-state index < -0.39 is 0 Å². The standard InChI is InChI=1S/C30H60O12/c1-4-5-6-7-8-30(31)42-28-26-40-24-22-38-20-18-36-16-14-34-12-10-32-9-11-33-13-15-35-17-19-37-21-23-39-25-27-41-29(2)3/h29H,4-28H2,1-3H3. The molecule has 12 nitrogen and oxygen atoms in total. The van der Waals surface area contributed by atoms with E-state index in [1.807, 2.05) is 13.8 Å². The fourth-order valence-corrected chi connectivity index (χ4v) is 3.19. The second-order valence-corrected chi connectivity index (χ2v) is 9.46. The molecule has 0 rings (SSSR count). The lowest BCUT2D eigenvalue weighted by molar-refractivity contribution is -0.145. The first-order chi connectivity index (χ1) is 20.7. The van der Waals surface area contributed by atoms with Gasteiger partial charge >= 0.3 is 5.97 Å². The van der Waals surface area contributed by atoms with Gasteiger partial charge in [0.15, 0.2) is 0 Å². The Labute approximate surface area is 254 Å². The molecule has 0 saturated heterocycles.